The van der Waals surface area contributed by atoms with Crippen molar-refractivity contribution in [2.24, 2.45) is 0 Å². The van der Waals surface area contributed by atoms with Crippen LogP contribution in [0.15, 0.2) is 42.6 Å². The number of aromatic nitrogens is 2. The summed E-state index contributed by atoms with van der Waals surface area (Å²) in [5.41, 5.74) is 2.36. The Balaban J connectivity index is 1.53. The van der Waals surface area contributed by atoms with Crippen LogP contribution < -0.4 is 10.6 Å². The zero-order chi connectivity index (χ0) is 19.5. The van der Waals surface area contributed by atoms with Crippen LogP contribution in [0.4, 0.5) is 10.5 Å². The predicted octanol–water partition coefficient (Wildman–Crippen LogP) is 5.30. The van der Waals surface area contributed by atoms with Crippen LogP contribution in [-0.2, 0) is 4.74 Å². The molecule has 4 rings (SSSR count). The number of nitrogens with zero attached hydrogens (tertiary/aromatic N) is 1. The highest BCUT2D eigenvalue weighted by atomic mass is 35.5. The molecule has 2 aromatic carbocycles. The molecular formula is C20H20Cl2N4O2. The quantitative estimate of drug-likeness (QED) is 0.536. The third-order valence-electron chi connectivity index (χ3n) is 4.91. The molecule has 1 aliphatic rings. The summed E-state index contributed by atoms with van der Waals surface area (Å²) in [6.45, 7) is 0.893. The number of benzene rings is 2. The van der Waals surface area contributed by atoms with E-state index in [1.54, 1.807) is 24.4 Å². The minimum atomic E-state index is -0.522. The molecule has 3 aromatic rings. The molecule has 28 heavy (non-hydrogen) atoms. The second-order valence-electron chi connectivity index (χ2n) is 6.85. The first kappa shape index (κ1) is 19.1. The Morgan fingerprint density at radius 1 is 1.18 bits per heavy atom. The molecule has 8 heteroatoms. The number of piperidine rings is 1. The Labute approximate surface area is 172 Å². The van der Waals surface area contributed by atoms with Crippen molar-refractivity contribution in [2.75, 3.05) is 11.9 Å². The van der Waals surface area contributed by atoms with Gasteiger partial charge in [0.1, 0.15) is 6.10 Å². The van der Waals surface area contributed by atoms with Crippen LogP contribution >= 0.6 is 23.2 Å². The summed E-state index contributed by atoms with van der Waals surface area (Å²) in [7, 11) is 0. The van der Waals surface area contributed by atoms with Crippen molar-refractivity contribution in [2.45, 2.75) is 31.4 Å². The number of ether oxygens (including phenoxy) is 1. The summed E-state index contributed by atoms with van der Waals surface area (Å²) in [5.74, 6) is 0. The van der Waals surface area contributed by atoms with Gasteiger partial charge in [-0.1, -0.05) is 35.7 Å². The lowest BCUT2D eigenvalue weighted by atomic mass is 9.95. The van der Waals surface area contributed by atoms with Gasteiger partial charge >= 0.3 is 6.09 Å². The fourth-order valence-electron chi connectivity index (χ4n) is 3.49. The van der Waals surface area contributed by atoms with E-state index >= 15 is 0 Å². The van der Waals surface area contributed by atoms with Gasteiger partial charge in [0.15, 0.2) is 0 Å². The van der Waals surface area contributed by atoms with Gasteiger partial charge in [-0.05, 0) is 55.3 Å². The number of fused-ring (bicyclic) bond motifs is 1. The monoisotopic (exact) mass is 418 g/mol. The highest BCUT2D eigenvalue weighted by Crippen LogP contribution is 2.32. The summed E-state index contributed by atoms with van der Waals surface area (Å²) >= 11 is 12.2. The van der Waals surface area contributed by atoms with Gasteiger partial charge in [0.25, 0.3) is 0 Å². The Morgan fingerprint density at radius 2 is 2.07 bits per heavy atom. The molecule has 0 spiro atoms. The zero-order valence-corrected chi connectivity index (χ0v) is 16.6. The van der Waals surface area contributed by atoms with Crippen LogP contribution in [0.3, 0.4) is 0 Å². The van der Waals surface area contributed by atoms with E-state index in [-0.39, 0.29) is 6.04 Å². The molecule has 0 saturated carbocycles. The summed E-state index contributed by atoms with van der Waals surface area (Å²) in [4.78, 5) is 12.6. The molecule has 2 atom stereocenters. The molecule has 3 N–H and O–H groups in total. The van der Waals surface area contributed by atoms with Gasteiger partial charge in [0, 0.05) is 17.1 Å². The van der Waals surface area contributed by atoms with Crippen molar-refractivity contribution in [1.82, 2.24) is 15.5 Å². The number of halogens is 2. The van der Waals surface area contributed by atoms with Crippen molar-refractivity contribution >= 4 is 45.9 Å². The van der Waals surface area contributed by atoms with Crippen LogP contribution in [0.25, 0.3) is 10.9 Å². The molecule has 0 bridgehead atoms. The fraction of sp³-hybridized carbons (Fsp3) is 0.300. The fourth-order valence-corrected chi connectivity index (χ4v) is 3.80. The van der Waals surface area contributed by atoms with E-state index in [0.717, 1.165) is 42.3 Å². The number of aromatic amines is 1. The zero-order valence-electron chi connectivity index (χ0n) is 15.0. The largest absolute Gasteiger partial charge is 0.439 e. The van der Waals surface area contributed by atoms with Crippen molar-refractivity contribution < 1.29 is 9.53 Å². The van der Waals surface area contributed by atoms with E-state index in [9.17, 15) is 4.79 Å². The van der Waals surface area contributed by atoms with E-state index in [0.29, 0.717) is 15.7 Å². The first-order valence-corrected chi connectivity index (χ1v) is 9.95. The molecule has 1 fully saturated rings. The summed E-state index contributed by atoms with van der Waals surface area (Å²) in [5, 5.41) is 14.9. The van der Waals surface area contributed by atoms with Crippen LogP contribution in [-0.4, -0.2) is 28.9 Å². The third-order valence-corrected chi connectivity index (χ3v) is 5.65. The Hall–Kier alpha value is -2.28. The Bertz CT molecular complexity index is 985. The number of hydrogen-bond donors (Lipinski definition) is 3. The van der Waals surface area contributed by atoms with Gasteiger partial charge in [0.2, 0.25) is 0 Å². The number of carbonyl (C=O) groups excluding carboxylic acids is 1. The molecule has 2 heterocycles. The van der Waals surface area contributed by atoms with Gasteiger partial charge in [-0.15, -0.1) is 0 Å². The number of rotatable bonds is 4. The van der Waals surface area contributed by atoms with Crippen LogP contribution in [0.1, 0.15) is 30.9 Å². The molecule has 1 unspecified atom stereocenters. The maximum absolute atomic E-state index is 12.6. The van der Waals surface area contributed by atoms with Crippen LogP contribution in [0.2, 0.25) is 10.0 Å². The normalized spacial score (nSPS) is 18.0. The number of anilines is 1. The van der Waals surface area contributed by atoms with Crippen molar-refractivity contribution in [1.29, 1.82) is 0 Å². The Kier molecular flexibility index (Phi) is 5.71. The number of nitrogens with one attached hydrogen (secondary N) is 3. The lowest BCUT2D eigenvalue weighted by Crippen LogP contribution is -2.41. The molecule has 0 aliphatic carbocycles. The average molecular weight is 419 g/mol. The molecule has 1 amide bonds. The van der Waals surface area contributed by atoms with Crippen molar-refractivity contribution in [3.8, 4) is 0 Å². The van der Waals surface area contributed by atoms with Gasteiger partial charge in [-0.2, -0.15) is 5.10 Å². The maximum atomic E-state index is 12.6. The average Bonchev–Trinajstić information content (AvgIpc) is 3.17. The van der Waals surface area contributed by atoms with Crippen molar-refractivity contribution in [3.05, 3.63) is 58.2 Å². The van der Waals surface area contributed by atoms with E-state index in [1.165, 1.54) is 0 Å². The smallest absolute Gasteiger partial charge is 0.412 e. The minimum Gasteiger partial charge on any atom is -0.439 e. The molecule has 0 radical (unpaired) electrons. The van der Waals surface area contributed by atoms with E-state index in [4.69, 9.17) is 27.9 Å². The number of H-pyrrole nitrogens is 1. The molecule has 1 aromatic heterocycles. The standard InChI is InChI=1S/C20H20Cl2N4O2/c21-15-6-4-12(10-16(15)22)19(18-3-1-2-8-23-18)28-20(27)25-14-5-7-17-13(9-14)11-24-26-17/h4-7,9-11,18-19,23H,1-3,8H2,(H,24,26)(H,25,27)/t18-,19?/m1/s1. The highest BCUT2D eigenvalue weighted by Gasteiger charge is 2.29. The van der Waals surface area contributed by atoms with Gasteiger partial charge in [-0.3, -0.25) is 10.4 Å². The molecule has 6 nitrogen and oxygen atoms in total. The van der Waals surface area contributed by atoms with Crippen LogP contribution in [0.5, 0.6) is 0 Å². The first-order chi connectivity index (χ1) is 13.6. The summed E-state index contributed by atoms with van der Waals surface area (Å²) in [6, 6.07) is 10.9. The van der Waals surface area contributed by atoms with E-state index in [2.05, 4.69) is 20.8 Å². The Morgan fingerprint density at radius 3 is 2.86 bits per heavy atom. The van der Waals surface area contributed by atoms with Crippen molar-refractivity contribution in [3.63, 3.8) is 0 Å². The topological polar surface area (TPSA) is 79.0 Å². The van der Waals surface area contributed by atoms with Gasteiger partial charge in [0.05, 0.1) is 21.8 Å². The number of hydrogen-bond acceptors (Lipinski definition) is 4. The van der Waals surface area contributed by atoms with Crippen LogP contribution in [0, 0.1) is 0 Å². The first-order valence-electron chi connectivity index (χ1n) is 9.19. The lowest BCUT2D eigenvalue weighted by Gasteiger charge is -2.31. The molecule has 1 aliphatic heterocycles. The lowest BCUT2D eigenvalue weighted by molar-refractivity contribution is 0.0763. The molecule has 1 saturated heterocycles. The minimum absolute atomic E-state index is 0.0214. The SMILES string of the molecule is O=C(Nc1ccc2[nH]ncc2c1)OC(c1ccc(Cl)c(Cl)c1)[C@H]1CCCCN1. The third kappa shape index (κ3) is 4.24. The van der Waals surface area contributed by atoms with E-state index in [1.807, 2.05) is 18.2 Å². The maximum Gasteiger partial charge on any atom is 0.412 e. The second-order valence-corrected chi connectivity index (χ2v) is 7.67. The van der Waals surface area contributed by atoms with E-state index < -0.39 is 12.2 Å². The second kappa shape index (κ2) is 8.39. The molecule has 146 valence electrons. The number of amides is 1. The highest BCUT2D eigenvalue weighted by molar-refractivity contribution is 6.42. The predicted molar refractivity (Wildman–Crippen MR) is 111 cm³/mol. The van der Waals surface area contributed by atoms with Gasteiger partial charge in [-0.25, -0.2) is 4.79 Å². The summed E-state index contributed by atoms with van der Waals surface area (Å²) in [6.07, 6.45) is 3.83. The molecular weight excluding hydrogens is 399 g/mol. The number of carbonyl (C=O) groups is 1. The van der Waals surface area contributed by atoms with Gasteiger partial charge < -0.3 is 10.1 Å². The summed E-state index contributed by atoms with van der Waals surface area (Å²) < 4.78 is 5.83.